The van der Waals surface area contributed by atoms with Crippen LogP contribution >= 0.6 is 0 Å². The second-order valence-electron chi connectivity index (χ2n) is 6.58. The Labute approximate surface area is 147 Å². The lowest BCUT2D eigenvalue weighted by Crippen LogP contribution is -2.23. The zero-order valence-corrected chi connectivity index (χ0v) is 15.0. The maximum absolute atomic E-state index is 13.1. The van der Waals surface area contributed by atoms with Gasteiger partial charge in [0.25, 0.3) is 0 Å². The number of aliphatic hydroxyl groups is 2. The highest BCUT2D eigenvalue weighted by Crippen LogP contribution is 2.63. The predicted molar refractivity (Wildman–Crippen MR) is 94.5 cm³/mol. The molecule has 6 heteroatoms. The number of rotatable bonds is 6. The molecule has 5 nitrogen and oxygen atoms in total. The van der Waals surface area contributed by atoms with Gasteiger partial charge in [0.05, 0.1) is 30.5 Å². The van der Waals surface area contributed by atoms with Gasteiger partial charge in [-0.05, 0) is 36.8 Å². The summed E-state index contributed by atoms with van der Waals surface area (Å²) in [7, 11) is -2.12. The molecule has 2 aromatic rings. The van der Waals surface area contributed by atoms with E-state index in [1.807, 2.05) is 6.92 Å². The molecule has 25 heavy (non-hydrogen) atoms. The van der Waals surface area contributed by atoms with Crippen molar-refractivity contribution in [1.82, 2.24) is 0 Å². The van der Waals surface area contributed by atoms with Gasteiger partial charge in [0.2, 0.25) is 0 Å². The Hall–Kier alpha value is -1.89. The third-order valence-corrected chi connectivity index (χ3v) is 7.47. The minimum Gasteiger partial charge on any atom is -0.497 e. The number of ether oxygens (including phenoxy) is 1. The summed E-state index contributed by atoms with van der Waals surface area (Å²) >= 11 is 0. The van der Waals surface area contributed by atoms with Crippen LogP contribution in [-0.4, -0.2) is 44.2 Å². The first kappa shape index (κ1) is 17.9. The van der Waals surface area contributed by atoms with Crippen LogP contribution in [0.25, 0.3) is 0 Å². The van der Waals surface area contributed by atoms with Gasteiger partial charge in [-0.2, -0.15) is 0 Å². The van der Waals surface area contributed by atoms with E-state index in [0.29, 0.717) is 5.75 Å². The van der Waals surface area contributed by atoms with Crippen molar-refractivity contribution in [2.75, 3.05) is 20.3 Å². The lowest BCUT2D eigenvalue weighted by Gasteiger charge is -2.11. The molecule has 2 N–H and O–H groups in total. The quantitative estimate of drug-likeness (QED) is 0.820. The van der Waals surface area contributed by atoms with E-state index in [-0.39, 0.29) is 4.90 Å². The maximum atomic E-state index is 13.1. The summed E-state index contributed by atoms with van der Waals surface area (Å²) in [6.45, 7) is 1.10. The number of sulfone groups is 1. The monoisotopic (exact) mass is 362 g/mol. The highest BCUT2D eigenvalue weighted by atomic mass is 32.2. The molecule has 1 aliphatic carbocycles. The Bertz CT molecular complexity index is 836. The summed E-state index contributed by atoms with van der Waals surface area (Å²) in [6, 6.07) is 13.7. The van der Waals surface area contributed by atoms with E-state index >= 15 is 0 Å². The topological polar surface area (TPSA) is 83.8 Å². The highest BCUT2D eigenvalue weighted by molar-refractivity contribution is 7.92. The van der Waals surface area contributed by atoms with Crippen LogP contribution in [0.2, 0.25) is 0 Å². The van der Waals surface area contributed by atoms with Crippen LogP contribution < -0.4 is 4.74 Å². The molecule has 0 bridgehead atoms. The Morgan fingerprint density at radius 3 is 2.04 bits per heavy atom. The molecule has 2 atom stereocenters. The Kier molecular flexibility index (Phi) is 4.62. The van der Waals surface area contributed by atoms with E-state index in [4.69, 9.17) is 4.74 Å². The summed E-state index contributed by atoms with van der Waals surface area (Å²) in [5.74, 6) is 0.209. The van der Waals surface area contributed by atoms with E-state index in [0.717, 1.165) is 11.1 Å². The predicted octanol–water partition coefficient (Wildman–Crippen LogP) is 1.91. The van der Waals surface area contributed by atoms with Gasteiger partial charge in [0.15, 0.2) is 9.84 Å². The lowest BCUT2D eigenvalue weighted by atomic mass is 10.0. The summed E-state index contributed by atoms with van der Waals surface area (Å²) in [6.07, 6.45) is 0. The molecule has 0 aromatic heterocycles. The molecule has 2 aromatic carbocycles. The highest BCUT2D eigenvalue weighted by Gasteiger charge is 2.70. The molecule has 0 heterocycles. The van der Waals surface area contributed by atoms with Crippen LogP contribution in [-0.2, 0) is 9.84 Å². The molecular formula is C19H22O5S. The lowest BCUT2D eigenvalue weighted by molar-refractivity contribution is 0.130. The molecule has 0 radical (unpaired) electrons. The van der Waals surface area contributed by atoms with E-state index in [2.05, 4.69) is 0 Å². The molecule has 0 saturated heterocycles. The number of benzene rings is 2. The zero-order chi connectivity index (χ0) is 18.2. The van der Waals surface area contributed by atoms with Crippen molar-refractivity contribution < 1.29 is 23.4 Å². The van der Waals surface area contributed by atoms with Gasteiger partial charge in [-0.3, -0.25) is 0 Å². The third kappa shape index (κ3) is 2.84. The van der Waals surface area contributed by atoms with Crippen molar-refractivity contribution in [3.8, 4) is 5.75 Å². The number of aliphatic hydroxyl groups excluding tert-OH is 2. The zero-order valence-electron chi connectivity index (χ0n) is 14.2. The second kappa shape index (κ2) is 6.44. The molecule has 0 spiro atoms. The fraction of sp³-hybridized carbons (Fsp3) is 0.368. The second-order valence-corrected chi connectivity index (χ2v) is 8.65. The fourth-order valence-corrected chi connectivity index (χ4v) is 5.99. The van der Waals surface area contributed by atoms with Crippen LogP contribution in [0.1, 0.15) is 17.0 Å². The summed E-state index contributed by atoms with van der Waals surface area (Å²) in [5, 5.41) is 18.9. The molecule has 0 amide bonds. The molecule has 0 unspecified atom stereocenters. The first-order valence-electron chi connectivity index (χ1n) is 8.07. The van der Waals surface area contributed by atoms with Crippen LogP contribution in [0.5, 0.6) is 5.75 Å². The minimum absolute atomic E-state index is 0.213. The van der Waals surface area contributed by atoms with Crippen molar-refractivity contribution in [3.63, 3.8) is 0 Å². The van der Waals surface area contributed by atoms with Crippen LogP contribution in [0, 0.1) is 12.3 Å². The number of aryl methyl sites for hydroxylation is 1. The van der Waals surface area contributed by atoms with Crippen LogP contribution in [0.4, 0.5) is 0 Å². The smallest absolute Gasteiger partial charge is 0.182 e. The first-order chi connectivity index (χ1) is 11.9. The fourth-order valence-electron chi connectivity index (χ4n) is 3.56. The maximum Gasteiger partial charge on any atom is 0.182 e. The minimum atomic E-state index is -3.68. The molecule has 1 fully saturated rings. The molecule has 1 saturated carbocycles. The number of methoxy groups -OCH3 is 1. The van der Waals surface area contributed by atoms with E-state index in [9.17, 15) is 18.6 Å². The molecule has 1 aliphatic rings. The Balaban J connectivity index is 2.02. The van der Waals surface area contributed by atoms with E-state index < -0.39 is 39.6 Å². The van der Waals surface area contributed by atoms with Gasteiger partial charge in [0.1, 0.15) is 5.75 Å². The standard InChI is InChI=1S/C19H22O5S/c1-13-3-9-16(10-4-13)25(22,23)18-17(19(18,11-20)12-21)14-5-7-15(24-2)8-6-14/h3-10,17-18,20-21H,11-12H2,1-2H3/t17-,18+/m1/s1. The van der Waals surface area contributed by atoms with Crippen molar-refractivity contribution in [1.29, 1.82) is 0 Å². The van der Waals surface area contributed by atoms with Crippen molar-refractivity contribution in [2.45, 2.75) is 23.0 Å². The SMILES string of the molecule is COc1ccc([C@@H]2[C@H](S(=O)(=O)c3ccc(C)cc3)C2(CO)CO)cc1. The van der Waals surface area contributed by atoms with Crippen molar-refractivity contribution >= 4 is 9.84 Å². The van der Waals surface area contributed by atoms with Gasteiger partial charge >= 0.3 is 0 Å². The molecular weight excluding hydrogens is 340 g/mol. The first-order valence-corrected chi connectivity index (χ1v) is 9.61. The summed E-state index contributed by atoms with van der Waals surface area (Å²) < 4.78 is 31.3. The number of hydrogen-bond donors (Lipinski definition) is 2. The normalized spacial score (nSPS) is 21.8. The van der Waals surface area contributed by atoms with E-state index in [1.54, 1.807) is 55.6 Å². The largest absolute Gasteiger partial charge is 0.497 e. The van der Waals surface area contributed by atoms with Gasteiger partial charge in [-0.15, -0.1) is 0 Å². The third-order valence-electron chi connectivity index (χ3n) is 5.13. The van der Waals surface area contributed by atoms with Gasteiger partial charge in [-0.25, -0.2) is 8.42 Å². The van der Waals surface area contributed by atoms with Crippen molar-refractivity contribution in [2.24, 2.45) is 5.41 Å². The van der Waals surface area contributed by atoms with Crippen molar-refractivity contribution in [3.05, 3.63) is 59.7 Å². The van der Waals surface area contributed by atoms with Gasteiger partial charge < -0.3 is 14.9 Å². The van der Waals surface area contributed by atoms with E-state index in [1.165, 1.54) is 0 Å². The summed E-state index contributed by atoms with van der Waals surface area (Å²) in [5.41, 5.74) is 0.666. The number of hydrogen-bond acceptors (Lipinski definition) is 5. The molecule has 3 rings (SSSR count). The Morgan fingerprint density at radius 2 is 1.56 bits per heavy atom. The average molecular weight is 362 g/mol. The summed E-state index contributed by atoms with van der Waals surface area (Å²) in [4.78, 5) is 0.213. The van der Waals surface area contributed by atoms with Crippen LogP contribution in [0.3, 0.4) is 0 Å². The van der Waals surface area contributed by atoms with Crippen LogP contribution in [0.15, 0.2) is 53.4 Å². The average Bonchev–Trinajstić information content (AvgIpc) is 3.33. The Morgan fingerprint density at radius 1 is 1.00 bits per heavy atom. The molecule has 134 valence electrons. The van der Waals surface area contributed by atoms with Gasteiger partial charge in [-0.1, -0.05) is 29.8 Å². The van der Waals surface area contributed by atoms with Gasteiger partial charge in [0, 0.05) is 11.3 Å². The molecule has 0 aliphatic heterocycles.